The Balaban J connectivity index is 2.25. The van der Waals surface area contributed by atoms with Gasteiger partial charge < -0.3 is 5.32 Å². The third-order valence-corrected chi connectivity index (χ3v) is 1.70. The van der Waals surface area contributed by atoms with Gasteiger partial charge in [-0.25, -0.2) is 0 Å². The van der Waals surface area contributed by atoms with Crippen LogP contribution in [0.5, 0.6) is 0 Å². The van der Waals surface area contributed by atoms with Gasteiger partial charge in [-0.15, -0.1) is 0 Å². The van der Waals surface area contributed by atoms with Crippen LogP contribution >= 0.6 is 0 Å². The number of carbonyl (C=O) groups is 1. The van der Waals surface area contributed by atoms with E-state index >= 15 is 0 Å². The van der Waals surface area contributed by atoms with Gasteiger partial charge in [0.1, 0.15) is 0 Å². The van der Waals surface area contributed by atoms with Gasteiger partial charge in [0.15, 0.2) is 0 Å². The van der Waals surface area contributed by atoms with Crippen molar-refractivity contribution < 1.29 is 4.79 Å². The number of carbonyl (C=O) groups excluding carboxylic acids is 1. The van der Waals surface area contributed by atoms with Crippen LogP contribution in [-0.4, -0.2) is 17.4 Å². The molecule has 1 aromatic rings. The van der Waals surface area contributed by atoms with E-state index in [9.17, 15) is 4.79 Å². The number of rotatable bonds is 4. The summed E-state index contributed by atoms with van der Waals surface area (Å²) in [4.78, 5) is 14.5. The van der Waals surface area contributed by atoms with Crippen molar-refractivity contribution in [2.45, 2.75) is 13.3 Å². The first kappa shape index (κ1) is 10.4. The standard InChI is InChI=1S/C11H14N2O/c1-10(14)13-7-3-2-4-11-5-8-12-9-6-11/h2,4-6,8-9H,3,7H2,1H3,(H,13,14). The van der Waals surface area contributed by atoms with Gasteiger partial charge in [0, 0.05) is 25.9 Å². The van der Waals surface area contributed by atoms with Crippen molar-refractivity contribution >= 4 is 12.0 Å². The molecule has 0 aliphatic rings. The Morgan fingerprint density at radius 3 is 2.86 bits per heavy atom. The number of amides is 1. The minimum atomic E-state index is 0.0160. The fourth-order valence-electron chi connectivity index (χ4n) is 1.03. The lowest BCUT2D eigenvalue weighted by atomic mass is 10.2. The van der Waals surface area contributed by atoms with Gasteiger partial charge in [-0.3, -0.25) is 9.78 Å². The van der Waals surface area contributed by atoms with Crippen molar-refractivity contribution in [3.8, 4) is 0 Å². The SMILES string of the molecule is CC(=O)NCCC=Cc1ccncc1. The van der Waals surface area contributed by atoms with E-state index in [1.165, 1.54) is 6.92 Å². The number of pyridine rings is 1. The van der Waals surface area contributed by atoms with E-state index in [-0.39, 0.29) is 5.91 Å². The van der Waals surface area contributed by atoms with E-state index in [0.717, 1.165) is 12.0 Å². The number of nitrogens with one attached hydrogen (secondary N) is 1. The first-order chi connectivity index (χ1) is 6.79. The molecule has 1 N–H and O–H groups in total. The average molecular weight is 190 g/mol. The van der Waals surface area contributed by atoms with Crippen LogP contribution in [0.1, 0.15) is 18.9 Å². The van der Waals surface area contributed by atoms with Gasteiger partial charge in [0.25, 0.3) is 0 Å². The maximum absolute atomic E-state index is 10.5. The van der Waals surface area contributed by atoms with Crippen molar-refractivity contribution in [1.29, 1.82) is 0 Å². The minimum absolute atomic E-state index is 0.0160. The van der Waals surface area contributed by atoms with Crippen molar-refractivity contribution in [3.63, 3.8) is 0 Å². The lowest BCUT2D eigenvalue weighted by molar-refractivity contribution is -0.118. The summed E-state index contributed by atoms with van der Waals surface area (Å²) >= 11 is 0. The van der Waals surface area contributed by atoms with E-state index in [2.05, 4.69) is 10.3 Å². The van der Waals surface area contributed by atoms with E-state index in [1.807, 2.05) is 24.3 Å². The molecule has 14 heavy (non-hydrogen) atoms. The van der Waals surface area contributed by atoms with Gasteiger partial charge in [-0.1, -0.05) is 12.2 Å². The smallest absolute Gasteiger partial charge is 0.216 e. The molecule has 74 valence electrons. The molecule has 1 heterocycles. The first-order valence-corrected chi connectivity index (χ1v) is 4.60. The van der Waals surface area contributed by atoms with Crippen LogP contribution in [0.2, 0.25) is 0 Å². The number of hydrogen-bond donors (Lipinski definition) is 1. The summed E-state index contributed by atoms with van der Waals surface area (Å²) in [5.41, 5.74) is 1.13. The molecule has 0 aliphatic carbocycles. The molecule has 0 aromatic carbocycles. The third-order valence-electron chi connectivity index (χ3n) is 1.70. The van der Waals surface area contributed by atoms with Crippen LogP contribution in [0, 0.1) is 0 Å². The Bertz CT molecular complexity index is 306. The molecule has 0 spiro atoms. The molecule has 0 atom stereocenters. The predicted molar refractivity (Wildman–Crippen MR) is 56.6 cm³/mol. The lowest BCUT2D eigenvalue weighted by Crippen LogP contribution is -2.20. The molecule has 1 rings (SSSR count). The second-order valence-electron chi connectivity index (χ2n) is 2.95. The highest BCUT2D eigenvalue weighted by Crippen LogP contribution is 1.99. The molecule has 3 nitrogen and oxygen atoms in total. The van der Waals surface area contributed by atoms with Crippen molar-refractivity contribution in [2.24, 2.45) is 0 Å². The average Bonchev–Trinajstić information content (AvgIpc) is 2.18. The zero-order valence-electron chi connectivity index (χ0n) is 8.23. The van der Waals surface area contributed by atoms with Gasteiger partial charge >= 0.3 is 0 Å². The topological polar surface area (TPSA) is 42.0 Å². The van der Waals surface area contributed by atoms with Crippen molar-refractivity contribution in [3.05, 3.63) is 36.2 Å². The highest BCUT2D eigenvalue weighted by molar-refractivity contribution is 5.72. The van der Waals surface area contributed by atoms with Crippen LogP contribution in [-0.2, 0) is 4.79 Å². The van der Waals surface area contributed by atoms with Gasteiger partial charge in [0.05, 0.1) is 0 Å². The minimum Gasteiger partial charge on any atom is -0.356 e. The highest BCUT2D eigenvalue weighted by Gasteiger charge is 1.87. The molecule has 3 heteroatoms. The summed E-state index contributed by atoms with van der Waals surface area (Å²) in [5.74, 6) is 0.0160. The molecule has 0 bridgehead atoms. The summed E-state index contributed by atoms with van der Waals surface area (Å²) in [6.07, 6.45) is 8.41. The van der Waals surface area contributed by atoms with Crippen LogP contribution in [0.4, 0.5) is 0 Å². The zero-order chi connectivity index (χ0) is 10.2. The largest absolute Gasteiger partial charge is 0.356 e. The zero-order valence-corrected chi connectivity index (χ0v) is 8.23. The Hall–Kier alpha value is -1.64. The molecule has 1 aromatic heterocycles. The molecular formula is C11H14N2O. The van der Waals surface area contributed by atoms with Gasteiger partial charge in [-0.2, -0.15) is 0 Å². The molecule has 0 radical (unpaired) electrons. The number of hydrogen-bond acceptors (Lipinski definition) is 2. The molecule has 0 fully saturated rings. The van der Waals surface area contributed by atoms with Crippen LogP contribution in [0.3, 0.4) is 0 Å². The van der Waals surface area contributed by atoms with Gasteiger partial charge in [-0.05, 0) is 24.1 Å². The van der Waals surface area contributed by atoms with Crippen molar-refractivity contribution in [1.82, 2.24) is 10.3 Å². The molecule has 0 aliphatic heterocycles. The second-order valence-corrected chi connectivity index (χ2v) is 2.95. The summed E-state index contributed by atoms with van der Waals surface area (Å²) in [6.45, 7) is 2.21. The number of aromatic nitrogens is 1. The highest BCUT2D eigenvalue weighted by atomic mass is 16.1. The van der Waals surface area contributed by atoms with Crippen LogP contribution in [0.15, 0.2) is 30.6 Å². The fraction of sp³-hybridized carbons (Fsp3) is 0.273. The lowest BCUT2D eigenvalue weighted by Gasteiger charge is -1.96. The normalized spacial score (nSPS) is 10.4. The fourth-order valence-corrected chi connectivity index (χ4v) is 1.03. The quantitative estimate of drug-likeness (QED) is 0.733. The van der Waals surface area contributed by atoms with Crippen LogP contribution in [0.25, 0.3) is 6.08 Å². The summed E-state index contributed by atoms with van der Waals surface area (Å²) < 4.78 is 0. The maximum atomic E-state index is 10.5. The molecular weight excluding hydrogens is 176 g/mol. The molecule has 0 saturated heterocycles. The molecule has 1 amide bonds. The van der Waals surface area contributed by atoms with Gasteiger partial charge in [0.2, 0.25) is 5.91 Å². The van der Waals surface area contributed by atoms with E-state index in [1.54, 1.807) is 12.4 Å². The maximum Gasteiger partial charge on any atom is 0.216 e. The Kier molecular flexibility index (Phi) is 4.41. The summed E-state index contributed by atoms with van der Waals surface area (Å²) in [7, 11) is 0. The molecule has 0 unspecified atom stereocenters. The van der Waals surface area contributed by atoms with E-state index in [4.69, 9.17) is 0 Å². The van der Waals surface area contributed by atoms with E-state index < -0.39 is 0 Å². The first-order valence-electron chi connectivity index (χ1n) is 4.60. The summed E-state index contributed by atoms with van der Waals surface area (Å²) in [6, 6.07) is 3.88. The van der Waals surface area contributed by atoms with E-state index in [0.29, 0.717) is 6.54 Å². The monoisotopic (exact) mass is 190 g/mol. The predicted octanol–water partition coefficient (Wildman–Crippen LogP) is 1.62. The van der Waals surface area contributed by atoms with Crippen LogP contribution < -0.4 is 5.32 Å². The second kappa shape index (κ2) is 5.91. The third kappa shape index (κ3) is 4.40. The Labute approximate surface area is 83.9 Å². The summed E-state index contributed by atoms with van der Waals surface area (Å²) in [5, 5.41) is 2.73. The Morgan fingerprint density at radius 2 is 2.21 bits per heavy atom. The van der Waals surface area contributed by atoms with Crippen molar-refractivity contribution in [2.75, 3.05) is 6.54 Å². The molecule has 0 saturated carbocycles. The number of nitrogens with zero attached hydrogens (tertiary/aromatic N) is 1. The Morgan fingerprint density at radius 1 is 1.50 bits per heavy atom.